The monoisotopic (exact) mass is 368 g/mol. The number of benzene rings is 2. The maximum Gasteiger partial charge on any atom is 0.412 e. The topological polar surface area (TPSA) is 67.9 Å². The molecule has 0 bridgehead atoms. The third-order valence-electron chi connectivity index (χ3n) is 3.99. The van der Waals surface area contributed by atoms with Crippen LogP contribution in [0.25, 0.3) is 0 Å². The summed E-state index contributed by atoms with van der Waals surface area (Å²) in [7, 11) is 0. The molecule has 1 heterocycles. The molecule has 0 saturated heterocycles. The minimum Gasteiger partial charge on any atom is -0.491 e. The average molecular weight is 368 g/mol. The maximum absolute atomic E-state index is 13.0. The lowest BCUT2D eigenvalue weighted by Crippen LogP contribution is -2.32. The van der Waals surface area contributed by atoms with E-state index in [0.717, 1.165) is 11.3 Å². The van der Waals surface area contributed by atoms with Gasteiger partial charge in [-0.3, -0.25) is 10.1 Å². The van der Waals surface area contributed by atoms with Gasteiger partial charge in [-0.15, -0.1) is 0 Å². The molecule has 6 heteroatoms. The molecule has 2 aromatic carbocycles. The largest absolute Gasteiger partial charge is 0.491 e. The van der Waals surface area contributed by atoms with Crippen LogP contribution in [-0.4, -0.2) is 35.7 Å². The van der Waals surface area contributed by atoms with E-state index in [0.29, 0.717) is 30.9 Å². The van der Waals surface area contributed by atoms with Crippen LogP contribution in [0.3, 0.4) is 0 Å². The molecule has 3 rings (SSSR count). The van der Waals surface area contributed by atoms with Gasteiger partial charge in [0, 0.05) is 23.4 Å². The van der Waals surface area contributed by atoms with E-state index in [1.54, 1.807) is 49.9 Å². The van der Waals surface area contributed by atoms with E-state index in [9.17, 15) is 9.59 Å². The third-order valence-corrected chi connectivity index (χ3v) is 3.99. The van der Waals surface area contributed by atoms with Gasteiger partial charge in [0.2, 0.25) is 0 Å². The summed E-state index contributed by atoms with van der Waals surface area (Å²) in [5.74, 6) is 0.705. The number of ether oxygens (including phenoxy) is 2. The van der Waals surface area contributed by atoms with Gasteiger partial charge >= 0.3 is 6.09 Å². The summed E-state index contributed by atoms with van der Waals surface area (Å²) in [6.07, 6.45) is -0.552. The molecule has 0 saturated carbocycles. The smallest absolute Gasteiger partial charge is 0.412 e. The molecule has 27 heavy (non-hydrogen) atoms. The van der Waals surface area contributed by atoms with Crippen molar-refractivity contribution in [2.24, 2.45) is 0 Å². The summed E-state index contributed by atoms with van der Waals surface area (Å²) >= 11 is 0. The molecular weight excluding hydrogens is 344 g/mol. The van der Waals surface area contributed by atoms with Gasteiger partial charge in [0.25, 0.3) is 5.91 Å². The number of nitrogens with zero attached hydrogens (tertiary/aromatic N) is 1. The zero-order valence-electron chi connectivity index (χ0n) is 15.8. The number of para-hydroxylation sites is 1. The van der Waals surface area contributed by atoms with Crippen LogP contribution in [0.4, 0.5) is 10.5 Å². The van der Waals surface area contributed by atoms with Crippen molar-refractivity contribution in [3.05, 3.63) is 59.7 Å². The quantitative estimate of drug-likeness (QED) is 0.868. The van der Waals surface area contributed by atoms with Crippen molar-refractivity contribution in [2.45, 2.75) is 32.9 Å². The third kappa shape index (κ3) is 5.00. The van der Waals surface area contributed by atoms with Crippen LogP contribution >= 0.6 is 0 Å². The van der Waals surface area contributed by atoms with Gasteiger partial charge in [0.05, 0.1) is 6.54 Å². The van der Waals surface area contributed by atoms with Crippen molar-refractivity contribution in [3.63, 3.8) is 0 Å². The second-order valence-electron chi connectivity index (χ2n) is 7.39. The standard InChI is InChI=1S/C21H24N2O4/c1-21(2,3)27-20(25)22-17-9-6-8-15(13-17)19(24)23-11-12-26-18-10-5-4-7-16(18)14-23/h4-10,13H,11-12,14H2,1-3H3,(H,22,25). The zero-order valence-corrected chi connectivity index (χ0v) is 15.8. The van der Waals surface area contributed by atoms with E-state index < -0.39 is 11.7 Å². The molecule has 142 valence electrons. The normalized spacial score (nSPS) is 13.8. The highest BCUT2D eigenvalue weighted by atomic mass is 16.6. The van der Waals surface area contributed by atoms with Gasteiger partial charge in [0.15, 0.2) is 0 Å². The predicted molar refractivity (Wildman–Crippen MR) is 103 cm³/mol. The predicted octanol–water partition coefficient (Wildman–Crippen LogP) is 4.07. The van der Waals surface area contributed by atoms with Gasteiger partial charge in [-0.2, -0.15) is 0 Å². The molecule has 6 nitrogen and oxygen atoms in total. The van der Waals surface area contributed by atoms with Gasteiger partial charge in [-0.05, 0) is 45.0 Å². The molecule has 1 N–H and O–H groups in total. The number of nitrogens with one attached hydrogen (secondary N) is 1. The molecule has 0 atom stereocenters. The van der Waals surface area contributed by atoms with Gasteiger partial charge in [0.1, 0.15) is 18.0 Å². The Bertz CT molecular complexity index is 842. The van der Waals surface area contributed by atoms with E-state index in [-0.39, 0.29) is 5.91 Å². The molecule has 2 amide bonds. The van der Waals surface area contributed by atoms with Gasteiger partial charge in [-0.1, -0.05) is 24.3 Å². The Morgan fingerprint density at radius 1 is 1.11 bits per heavy atom. The Morgan fingerprint density at radius 2 is 1.89 bits per heavy atom. The molecule has 0 aromatic heterocycles. The highest BCUT2D eigenvalue weighted by molar-refractivity contribution is 5.96. The fraction of sp³-hybridized carbons (Fsp3) is 0.333. The highest BCUT2D eigenvalue weighted by Gasteiger charge is 2.21. The first-order chi connectivity index (χ1) is 12.8. The fourth-order valence-corrected chi connectivity index (χ4v) is 2.83. The van der Waals surface area contributed by atoms with Crippen molar-refractivity contribution in [1.29, 1.82) is 0 Å². The second-order valence-corrected chi connectivity index (χ2v) is 7.39. The first kappa shape index (κ1) is 18.8. The summed E-state index contributed by atoms with van der Waals surface area (Å²) in [5.41, 5.74) is 1.41. The number of hydrogen-bond acceptors (Lipinski definition) is 4. The van der Waals surface area contributed by atoms with Crippen LogP contribution in [0.1, 0.15) is 36.7 Å². The highest BCUT2D eigenvalue weighted by Crippen LogP contribution is 2.24. The fourth-order valence-electron chi connectivity index (χ4n) is 2.83. The van der Waals surface area contributed by atoms with E-state index in [1.807, 2.05) is 24.3 Å². The number of hydrogen-bond donors (Lipinski definition) is 1. The molecular formula is C21H24N2O4. The molecule has 0 spiro atoms. The average Bonchev–Trinajstić information content (AvgIpc) is 2.82. The minimum absolute atomic E-state index is 0.108. The van der Waals surface area contributed by atoms with Crippen LogP contribution in [0.2, 0.25) is 0 Å². The second kappa shape index (κ2) is 7.70. The summed E-state index contributed by atoms with van der Waals surface area (Å²) in [6, 6.07) is 14.6. The van der Waals surface area contributed by atoms with E-state index in [2.05, 4.69) is 5.32 Å². The van der Waals surface area contributed by atoms with Crippen LogP contribution in [0, 0.1) is 0 Å². The molecule has 1 aliphatic heterocycles. The van der Waals surface area contributed by atoms with E-state index >= 15 is 0 Å². The van der Waals surface area contributed by atoms with Gasteiger partial charge < -0.3 is 14.4 Å². The van der Waals surface area contributed by atoms with Crippen molar-refractivity contribution in [1.82, 2.24) is 4.90 Å². The molecule has 2 aromatic rings. The molecule has 1 aliphatic rings. The van der Waals surface area contributed by atoms with Crippen molar-refractivity contribution in [3.8, 4) is 5.75 Å². The maximum atomic E-state index is 13.0. The van der Waals surface area contributed by atoms with Crippen LogP contribution in [0.15, 0.2) is 48.5 Å². The first-order valence-corrected chi connectivity index (χ1v) is 8.92. The lowest BCUT2D eigenvalue weighted by atomic mass is 10.1. The summed E-state index contributed by atoms with van der Waals surface area (Å²) < 4.78 is 11.0. The van der Waals surface area contributed by atoms with E-state index in [1.165, 1.54) is 0 Å². The number of fused-ring (bicyclic) bond motifs is 1. The SMILES string of the molecule is CC(C)(C)OC(=O)Nc1cccc(C(=O)N2CCOc3ccccc3C2)c1. The van der Waals surface area contributed by atoms with Crippen molar-refractivity contribution >= 4 is 17.7 Å². The van der Waals surface area contributed by atoms with E-state index in [4.69, 9.17) is 9.47 Å². The summed E-state index contributed by atoms with van der Waals surface area (Å²) in [4.78, 5) is 26.7. The Kier molecular flexibility index (Phi) is 5.35. The number of amides is 2. The number of carbonyl (C=O) groups is 2. The Labute approximate surface area is 159 Å². The lowest BCUT2D eigenvalue weighted by molar-refractivity contribution is 0.0634. The summed E-state index contributed by atoms with van der Waals surface area (Å²) in [5, 5.41) is 2.67. The number of carbonyl (C=O) groups excluding carboxylic acids is 2. The molecule has 0 unspecified atom stereocenters. The Balaban J connectivity index is 1.73. The molecule has 0 fully saturated rings. The zero-order chi connectivity index (χ0) is 19.4. The van der Waals surface area contributed by atoms with Crippen LogP contribution in [-0.2, 0) is 11.3 Å². The van der Waals surface area contributed by atoms with Crippen LogP contribution < -0.4 is 10.1 Å². The Hall–Kier alpha value is -3.02. The number of rotatable bonds is 2. The molecule has 0 radical (unpaired) electrons. The molecule has 0 aliphatic carbocycles. The van der Waals surface area contributed by atoms with Gasteiger partial charge in [-0.25, -0.2) is 4.79 Å². The minimum atomic E-state index is -0.586. The lowest BCUT2D eigenvalue weighted by Gasteiger charge is -2.21. The number of anilines is 1. The summed E-state index contributed by atoms with van der Waals surface area (Å²) in [6.45, 7) is 6.82. The van der Waals surface area contributed by atoms with Crippen LogP contribution in [0.5, 0.6) is 5.75 Å². The first-order valence-electron chi connectivity index (χ1n) is 8.92. The van der Waals surface area contributed by atoms with Crippen molar-refractivity contribution in [2.75, 3.05) is 18.5 Å². The van der Waals surface area contributed by atoms with Crippen molar-refractivity contribution < 1.29 is 19.1 Å². The Morgan fingerprint density at radius 3 is 2.67 bits per heavy atom.